The SMILES string of the molecule is COc1ccc(C[C@@H]2[C@H](OC(=O)Nc3nnc(CO)s3)[C@@H](OC(=O)OC(C)(C)C)CN2C(=O)OC(C)(C)C)cc1. The Hall–Kier alpha value is -3.65. The van der Waals surface area contributed by atoms with E-state index >= 15 is 0 Å². The van der Waals surface area contributed by atoms with E-state index in [1.807, 2.05) is 12.1 Å². The lowest BCUT2D eigenvalue weighted by molar-refractivity contribution is -0.0503. The summed E-state index contributed by atoms with van der Waals surface area (Å²) < 4.78 is 27.5. The average Bonchev–Trinajstić information content (AvgIpc) is 3.42. The fourth-order valence-electron chi connectivity index (χ4n) is 3.88. The molecule has 40 heavy (non-hydrogen) atoms. The van der Waals surface area contributed by atoms with E-state index in [4.69, 9.17) is 23.7 Å². The van der Waals surface area contributed by atoms with E-state index in [0.717, 1.165) is 16.9 Å². The van der Waals surface area contributed by atoms with Crippen molar-refractivity contribution < 1.29 is 43.2 Å². The van der Waals surface area contributed by atoms with E-state index < -0.39 is 47.8 Å². The standard InChI is InChI=1S/C26H36N4O9S/c1-25(2,3)38-23(33)30-13-18(36-24(34)39-26(4,5)6)20(17(30)12-15-8-10-16(35-7)11-9-15)37-22(32)27-21-29-28-19(14-31)40-21/h8-11,17-18,20,31H,12-14H2,1-7H3,(H,27,29,32)/t17-,18+,20+/m1/s1. The molecule has 1 saturated heterocycles. The summed E-state index contributed by atoms with van der Waals surface area (Å²) in [6.45, 7) is 9.82. The van der Waals surface area contributed by atoms with Gasteiger partial charge in [0.2, 0.25) is 5.13 Å². The number of carbonyl (C=O) groups excluding carboxylic acids is 3. The summed E-state index contributed by atoms with van der Waals surface area (Å²) in [5, 5.41) is 19.6. The van der Waals surface area contributed by atoms with Crippen LogP contribution in [0.3, 0.4) is 0 Å². The number of ether oxygens (including phenoxy) is 5. The Morgan fingerprint density at radius 2 is 1.68 bits per heavy atom. The van der Waals surface area contributed by atoms with E-state index in [-0.39, 0.29) is 24.7 Å². The summed E-state index contributed by atoms with van der Waals surface area (Å²) in [4.78, 5) is 40.2. The third kappa shape index (κ3) is 8.95. The van der Waals surface area contributed by atoms with Gasteiger partial charge in [-0.2, -0.15) is 0 Å². The molecule has 1 aromatic heterocycles. The first-order chi connectivity index (χ1) is 18.7. The number of nitrogens with zero attached hydrogens (tertiary/aromatic N) is 3. The summed E-state index contributed by atoms with van der Waals surface area (Å²) in [6, 6.07) is 6.41. The van der Waals surface area contributed by atoms with Crippen LogP contribution in [0.2, 0.25) is 0 Å². The van der Waals surface area contributed by atoms with Gasteiger partial charge in [0.25, 0.3) is 0 Å². The minimum absolute atomic E-state index is 0.104. The Bertz CT molecular complexity index is 1170. The van der Waals surface area contributed by atoms with Gasteiger partial charge in [-0.3, -0.25) is 10.2 Å². The zero-order valence-electron chi connectivity index (χ0n) is 23.6. The molecule has 0 bridgehead atoms. The number of anilines is 1. The van der Waals surface area contributed by atoms with Gasteiger partial charge in [-0.25, -0.2) is 14.4 Å². The molecule has 13 nitrogen and oxygen atoms in total. The predicted octanol–water partition coefficient (Wildman–Crippen LogP) is 4.14. The van der Waals surface area contributed by atoms with E-state index in [1.165, 1.54) is 4.90 Å². The van der Waals surface area contributed by atoms with Crippen molar-refractivity contribution in [2.45, 2.75) is 84.0 Å². The fraction of sp³-hybridized carbons (Fsp3) is 0.577. The van der Waals surface area contributed by atoms with Crippen molar-refractivity contribution in [1.82, 2.24) is 15.1 Å². The molecule has 1 aromatic carbocycles. The zero-order chi connectivity index (χ0) is 29.7. The van der Waals surface area contributed by atoms with Crippen LogP contribution < -0.4 is 10.1 Å². The van der Waals surface area contributed by atoms with Gasteiger partial charge in [-0.15, -0.1) is 10.2 Å². The van der Waals surface area contributed by atoms with Crippen molar-refractivity contribution in [1.29, 1.82) is 0 Å². The van der Waals surface area contributed by atoms with Gasteiger partial charge in [0.1, 0.15) is 22.0 Å². The zero-order valence-corrected chi connectivity index (χ0v) is 24.4. The third-order valence-electron chi connectivity index (χ3n) is 5.45. The monoisotopic (exact) mass is 580 g/mol. The molecule has 1 aliphatic heterocycles. The number of rotatable bonds is 7. The lowest BCUT2D eigenvalue weighted by atomic mass is 10.0. The molecule has 3 rings (SSSR count). The Kier molecular flexibility index (Phi) is 9.79. The summed E-state index contributed by atoms with van der Waals surface area (Å²) in [6.07, 6.45) is -4.48. The molecule has 0 spiro atoms. The normalized spacial score (nSPS) is 19.1. The van der Waals surface area contributed by atoms with Crippen molar-refractivity contribution in [2.24, 2.45) is 0 Å². The number of hydrogen-bond acceptors (Lipinski definition) is 12. The van der Waals surface area contributed by atoms with Gasteiger partial charge < -0.3 is 28.8 Å². The highest BCUT2D eigenvalue weighted by Gasteiger charge is 2.50. The Morgan fingerprint density at radius 3 is 2.23 bits per heavy atom. The molecule has 14 heteroatoms. The quantitative estimate of drug-likeness (QED) is 0.358. The van der Waals surface area contributed by atoms with Crippen LogP contribution in [-0.4, -0.2) is 81.7 Å². The number of aliphatic hydroxyl groups is 1. The minimum Gasteiger partial charge on any atom is -0.497 e. The number of likely N-dealkylation sites (tertiary alicyclic amines) is 1. The van der Waals surface area contributed by atoms with Gasteiger partial charge in [-0.05, 0) is 65.7 Å². The Labute approximate surface area is 236 Å². The number of amides is 2. The summed E-state index contributed by atoms with van der Waals surface area (Å²) >= 11 is 0.970. The summed E-state index contributed by atoms with van der Waals surface area (Å²) in [7, 11) is 1.55. The highest BCUT2D eigenvalue weighted by atomic mass is 32.1. The molecule has 2 amide bonds. The molecular formula is C26H36N4O9S. The molecular weight excluding hydrogens is 544 g/mol. The molecule has 3 atom stereocenters. The number of carbonyl (C=O) groups is 3. The van der Waals surface area contributed by atoms with Crippen molar-refractivity contribution in [3.05, 3.63) is 34.8 Å². The number of nitrogens with one attached hydrogen (secondary N) is 1. The maximum absolute atomic E-state index is 13.3. The average molecular weight is 581 g/mol. The fourth-order valence-corrected chi connectivity index (χ4v) is 4.47. The first kappa shape index (κ1) is 30.9. The molecule has 1 aliphatic rings. The molecule has 0 aliphatic carbocycles. The maximum Gasteiger partial charge on any atom is 0.509 e. The molecule has 0 saturated carbocycles. The van der Waals surface area contributed by atoms with Gasteiger partial charge in [0.05, 0.1) is 26.3 Å². The van der Waals surface area contributed by atoms with Crippen LogP contribution >= 0.6 is 11.3 Å². The molecule has 2 N–H and O–H groups in total. The first-order valence-electron chi connectivity index (χ1n) is 12.6. The maximum atomic E-state index is 13.3. The van der Waals surface area contributed by atoms with Crippen LogP contribution in [0.25, 0.3) is 0 Å². The molecule has 0 unspecified atom stereocenters. The van der Waals surface area contributed by atoms with Gasteiger partial charge in [0.15, 0.2) is 12.2 Å². The number of benzene rings is 1. The second kappa shape index (κ2) is 12.7. The van der Waals surface area contributed by atoms with E-state index in [0.29, 0.717) is 10.8 Å². The van der Waals surface area contributed by atoms with Crippen molar-refractivity contribution >= 4 is 34.8 Å². The van der Waals surface area contributed by atoms with Gasteiger partial charge in [0, 0.05) is 0 Å². The van der Waals surface area contributed by atoms with Gasteiger partial charge >= 0.3 is 18.3 Å². The Morgan fingerprint density at radius 1 is 1.02 bits per heavy atom. The third-order valence-corrected chi connectivity index (χ3v) is 6.27. The topological polar surface area (TPSA) is 159 Å². The number of aromatic nitrogens is 2. The van der Waals surface area contributed by atoms with Crippen molar-refractivity contribution in [3.8, 4) is 5.75 Å². The van der Waals surface area contributed by atoms with Crippen molar-refractivity contribution in [2.75, 3.05) is 19.0 Å². The number of methoxy groups -OCH3 is 1. The molecule has 0 radical (unpaired) electrons. The Balaban J connectivity index is 1.92. The highest BCUT2D eigenvalue weighted by Crippen LogP contribution is 2.30. The molecule has 1 fully saturated rings. The van der Waals surface area contributed by atoms with Crippen LogP contribution in [0, 0.1) is 0 Å². The van der Waals surface area contributed by atoms with Crippen LogP contribution in [0.15, 0.2) is 24.3 Å². The van der Waals surface area contributed by atoms with Crippen LogP contribution in [0.1, 0.15) is 52.1 Å². The van der Waals surface area contributed by atoms with Crippen LogP contribution in [0.4, 0.5) is 19.5 Å². The lowest BCUT2D eigenvalue weighted by Crippen LogP contribution is -2.45. The second-order valence-corrected chi connectivity index (χ2v) is 12.1. The molecule has 2 heterocycles. The first-order valence-corrected chi connectivity index (χ1v) is 13.4. The number of hydrogen-bond donors (Lipinski definition) is 2. The largest absolute Gasteiger partial charge is 0.509 e. The summed E-state index contributed by atoms with van der Waals surface area (Å²) in [5.41, 5.74) is -0.830. The smallest absolute Gasteiger partial charge is 0.497 e. The second-order valence-electron chi connectivity index (χ2n) is 11.0. The van der Waals surface area contributed by atoms with Crippen LogP contribution in [-0.2, 0) is 32.0 Å². The number of aliphatic hydroxyl groups excluding tert-OH is 1. The lowest BCUT2D eigenvalue weighted by Gasteiger charge is -2.30. The predicted molar refractivity (Wildman–Crippen MR) is 144 cm³/mol. The molecule has 220 valence electrons. The van der Waals surface area contributed by atoms with E-state index in [1.54, 1.807) is 60.8 Å². The highest BCUT2D eigenvalue weighted by molar-refractivity contribution is 7.15. The van der Waals surface area contributed by atoms with Crippen molar-refractivity contribution in [3.63, 3.8) is 0 Å². The van der Waals surface area contributed by atoms with Crippen LogP contribution in [0.5, 0.6) is 5.75 Å². The minimum atomic E-state index is -1.10. The molecule has 2 aromatic rings. The summed E-state index contributed by atoms with van der Waals surface area (Å²) in [5.74, 6) is 0.650. The van der Waals surface area contributed by atoms with E-state index in [9.17, 15) is 19.5 Å². The van der Waals surface area contributed by atoms with E-state index in [2.05, 4.69) is 15.5 Å². The van der Waals surface area contributed by atoms with Gasteiger partial charge in [-0.1, -0.05) is 23.5 Å².